The highest BCUT2D eigenvalue weighted by Crippen LogP contribution is 2.40. The van der Waals surface area contributed by atoms with E-state index >= 15 is 0 Å². The topological polar surface area (TPSA) is 522 Å². The second-order valence-corrected chi connectivity index (χ2v) is 37.4. The summed E-state index contributed by atoms with van der Waals surface area (Å²) in [4.78, 5) is 217. The largest absolute Gasteiger partial charge is 0.463 e. The molecule has 0 radical (unpaired) electrons. The summed E-state index contributed by atoms with van der Waals surface area (Å²) in [6.45, 7) is 27.3. The van der Waals surface area contributed by atoms with Gasteiger partial charge in [-0.15, -0.1) is 0 Å². The lowest BCUT2D eigenvalue weighted by Gasteiger charge is -2.45. The van der Waals surface area contributed by atoms with Crippen molar-refractivity contribution in [1.29, 1.82) is 0 Å². The molecule has 0 saturated carbocycles. The van der Waals surface area contributed by atoms with E-state index < -0.39 is 217 Å². The molecule has 40 nitrogen and oxygen atoms in total. The van der Waals surface area contributed by atoms with Gasteiger partial charge in [0, 0.05) is 157 Å². The van der Waals surface area contributed by atoms with Crippen LogP contribution in [0.5, 0.6) is 0 Å². The molecule has 7 amide bonds. The summed E-state index contributed by atoms with van der Waals surface area (Å²) in [5, 5.41) is 19.9. The van der Waals surface area contributed by atoms with E-state index in [9.17, 15) is 81.5 Å². The molecule has 3 rings (SSSR count). The molecule has 0 spiro atoms. The number of hydrogen-bond acceptors (Lipinski definition) is 35. The molecule has 2 saturated heterocycles. The zero-order valence-electron chi connectivity index (χ0n) is 79.3. The molecule has 1 aromatic rings. The van der Waals surface area contributed by atoms with Crippen molar-refractivity contribution in [2.75, 3.05) is 76.5 Å². The van der Waals surface area contributed by atoms with Crippen LogP contribution in [0.3, 0.4) is 0 Å². The first kappa shape index (κ1) is 116. The van der Waals surface area contributed by atoms with E-state index in [2.05, 4.69) is 64.9 Å². The van der Waals surface area contributed by atoms with Gasteiger partial charge in [0.2, 0.25) is 53.9 Å². The molecular formula is C89H141N7O33S2. The Bertz CT molecular complexity index is 3840. The highest BCUT2D eigenvalue weighted by atomic mass is 32.2. The van der Waals surface area contributed by atoms with Crippen molar-refractivity contribution in [3.63, 3.8) is 0 Å². The van der Waals surface area contributed by atoms with E-state index in [0.717, 1.165) is 47.1 Å². The molecule has 2 aliphatic heterocycles. The van der Waals surface area contributed by atoms with Gasteiger partial charge in [-0.05, 0) is 99.7 Å². The Morgan fingerprint density at radius 1 is 0.443 bits per heavy atom. The molecular weight excluding hydrogens is 1760 g/mol. The van der Waals surface area contributed by atoms with Gasteiger partial charge in [-0.3, -0.25) is 81.5 Å². The van der Waals surface area contributed by atoms with Gasteiger partial charge in [-0.1, -0.05) is 71.9 Å². The fraction of sp³-hybridized carbons (Fsp3) is 0.742. The average molecular weight is 1900 g/mol. The van der Waals surface area contributed by atoms with Gasteiger partial charge in [0.25, 0.3) is 0 Å². The Morgan fingerprint density at radius 3 is 1.37 bits per heavy atom. The van der Waals surface area contributed by atoms with Crippen LogP contribution < -0.4 is 37.2 Å². The monoisotopic (exact) mass is 1900 g/mol. The van der Waals surface area contributed by atoms with Crippen LogP contribution in [0, 0.1) is 10.8 Å². The number of esters is 10. The maximum Gasteiger partial charge on any atom is 0.306 e. The summed E-state index contributed by atoms with van der Waals surface area (Å²) in [5.41, 5.74) is -1.32. The molecule has 0 aliphatic carbocycles. The van der Waals surface area contributed by atoms with Crippen LogP contribution in [0.1, 0.15) is 240 Å². The maximum atomic E-state index is 14.4. The van der Waals surface area contributed by atoms with E-state index in [1.54, 1.807) is 24.3 Å². The van der Waals surface area contributed by atoms with E-state index in [1.807, 2.05) is 19.9 Å². The molecule has 0 aromatic heterocycles. The number of hydrogen-bond donors (Lipinski definition) is 7. The molecule has 2 fully saturated rings. The molecule has 7 N–H and O–H groups in total. The first-order valence-corrected chi connectivity index (χ1v) is 46.2. The molecule has 15 atom stereocenters. The molecule has 1 aromatic carbocycles. The zero-order chi connectivity index (χ0) is 98.2. The first-order valence-electron chi connectivity index (χ1n) is 44.1. The zero-order valence-corrected chi connectivity index (χ0v) is 80.9. The van der Waals surface area contributed by atoms with Crippen molar-refractivity contribution in [3.8, 4) is 0 Å². The minimum absolute atomic E-state index is 0.0175. The van der Waals surface area contributed by atoms with Crippen LogP contribution in [-0.4, -0.2) is 274 Å². The van der Waals surface area contributed by atoms with Gasteiger partial charge in [-0.2, -0.15) is 23.5 Å². The quantitative estimate of drug-likeness (QED) is 0.0168. The molecule has 0 bridgehead atoms. The standard InChI is InChI=1S/C89H141N7O33S2/c1-54(121-61(8)103)68(50-117-58(5)100)127-85(82(95-57(4)99)126-66(13)108)116-44-47-130-46-26-42-92-73(111)33-38-89(96-74(112)29-23-30-75(113)120-49-67-27-21-20-22-28-67,37-32-72(110)91-41-25-35-88(18,19)131-48-45-115-84-77(94-56(3)98)81(125-65(12)107)79(123-63(10)105)70(129-84)52-119-60(7)102)36-31-71(109)90-40-24-34-86(14,15)53-87(16,17)39-43-114-83-76(93-55(2)97)80(124-64(11)106)78(122-62(9)104)69(128-83)51-118-59(6)101/h20-22,27-28,54,68-70,76-85H,23-26,29-53H2,1-19H3,(H,90,109)(H,91,110)(H,92,111)(H,93,97)(H,94,98)(H,95,99)(H,96,112). The maximum absolute atomic E-state index is 14.4. The number of rotatable bonds is 62. The molecule has 2 aliphatic rings. The van der Waals surface area contributed by atoms with Gasteiger partial charge in [0.05, 0.1) is 19.8 Å². The van der Waals surface area contributed by atoms with Crippen molar-refractivity contribution in [3.05, 3.63) is 35.9 Å². The van der Waals surface area contributed by atoms with E-state index in [-0.39, 0.29) is 115 Å². The summed E-state index contributed by atoms with van der Waals surface area (Å²) in [6, 6.07) is 6.73. The van der Waals surface area contributed by atoms with Gasteiger partial charge in [0.1, 0.15) is 62.9 Å². The first-order chi connectivity index (χ1) is 61.5. The van der Waals surface area contributed by atoms with Crippen LogP contribution >= 0.6 is 23.5 Å². The average Bonchev–Trinajstić information content (AvgIpc) is 0.788. The Morgan fingerprint density at radius 2 is 0.908 bits per heavy atom. The van der Waals surface area contributed by atoms with Gasteiger partial charge < -0.3 is 113 Å². The Kier molecular flexibility index (Phi) is 53.1. The lowest BCUT2D eigenvalue weighted by Crippen LogP contribution is -2.66. The van der Waals surface area contributed by atoms with E-state index in [0.29, 0.717) is 62.2 Å². The van der Waals surface area contributed by atoms with Crippen LogP contribution in [0.15, 0.2) is 30.3 Å². The number of amides is 7. The van der Waals surface area contributed by atoms with Crippen molar-refractivity contribution in [2.24, 2.45) is 10.8 Å². The lowest BCUT2D eigenvalue weighted by atomic mass is 9.71. The summed E-state index contributed by atoms with van der Waals surface area (Å²) in [6.07, 6.45) is -12.2. The molecule has 131 heavy (non-hydrogen) atoms. The summed E-state index contributed by atoms with van der Waals surface area (Å²) < 4.78 is 90.5. The summed E-state index contributed by atoms with van der Waals surface area (Å²) >= 11 is 2.95. The molecule has 15 unspecified atom stereocenters. The smallest absolute Gasteiger partial charge is 0.306 e. The minimum Gasteiger partial charge on any atom is -0.463 e. The van der Waals surface area contributed by atoms with Crippen LogP contribution in [0.2, 0.25) is 0 Å². The number of carbonyl (C=O) groups excluding carboxylic acids is 17. The number of ether oxygens (including phenoxy) is 16. The third-order valence-corrected chi connectivity index (χ3v) is 22.8. The van der Waals surface area contributed by atoms with Crippen molar-refractivity contribution in [2.45, 2.75) is 337 Å². The number of benzene rings is 1. The number of nitrogens with one attached hydrogen (secondary N) is 7. The third-order valence-electron chi connectivity index (χ3n) is 20.4. The predicted octanol–water partition coefficient (Wildman–Crippen LogP) is 6.09. The Balaban J connectivity index is 1.89. The minimum atomic E-state index is -1.49. The Hall–Kier alpha value is -9.33. The SMILES string of the molecule is CC(=O)NC(OC(C)=O)C(OCCSCCCNC(=O)CCC(CCC(=O)NCCCC(C)(C)CC(C)(C)CCOC1OC(COC(C)=O)C(OC(C)=O)C(OC(C)=O)C1NC(C)=O)(CCC(=O)NCCCC(C)(C)SCCOC1OC(COC(C)=O)C(OC(C)=O)C(OC(C)=O)C1NC(C)=O)NC(=O)CCCC(=O)OCc1ccccc1)OC(COC(C)=O)C(C)OC(C)=O. The van der Waals surface area contributed by atoms with Gasteiger partial charge in [0.15, 0.2) is 37.0 Å². The molecule has 42 heteroatoms. The number of carbonyl (C=O) groups is 17. The van der Waals surface area contributed by atoms with Crippen molar-refractivity contribution in [1.82, 2.24) is 37.2 Å². The van der Waals surface area contributed by atoms with Gasteiger partial charge in [-0.25, -0.2) is 0 Å². The Labute approximate surface area is 775 Å². The lowest BCUT2D eigenvalue weighted by molar-refractivity contribution is -0.278. The van der Waals surface area contributed by atoms with Gasteiger partial charge >= 0.3 is 59.7 Å². The fourth-order valence-corrected chi connectivity index (χ4v) is 16.6. The molecule has 742 valence electrons. The third kappa shape index (κ3) is 50.4. The fourth-order valence-electron chi connectivity index (χ4n) is 14.8. The summed E-state index contributed by atoms with van der Waals surface area (Å²) in [5.74, 6) is -9.21. The van der Waals surface area contributed by atoms with E-state index in [1.165, 1.54) is 72.0 Å². The van der Waals surface area contributed by atoms with Crippen LogP contribution in [0.4, 0.5) is 0 Å². The number of thioether (sulfide) groups is 2. The second kappa shape index (κ2) is 60.0. The summed E-state index contributed by atoms with van der Waals surface area (Å²) in [7, 11) is 0. The van der Waals surface area contributed by atoms with Crippen molar-refractivity contribution < 1.29 is 157 Å². The van der Waals surface area contributed by atoms with Crippen molar-refractivity contribution >= 4 is 125 Å². The highest BCUT2D eigenvalue weighted by Gasteiger charge is 2.53. The van der Waals surface area contributed by atoms with E-state index in [4.69, 9.17) is 75.8 Å². The highest BCUT2D eigenvalue weighted by molar-refractivity contribution is 8.00. The second-order valence-electron chi connectivity index (χ2n) is 34.4. The molecule has 2 heterocycles. The normalized spacial score (nSPS) is 19.8. The van der Waals surface area contributed by atoms with Crippen LogP contribution in [0.25, 0.3) is 0 Å². The van der Waals surface area contributed by atoms with Crippen LogP contribution in [-0.2, 0) is 164 Å². The predicted molar refractivity (Wildman–Crippen MR) is 473 cm³/mol.